The zero-order valence-electron chi connectivity index (χ0n) is 14.4. The Morgan fingerprint density at radius 2 is 2.15 bits per heavy atom. The molecule has 0 aliphatic heterocycles. The molecule has 1 N–H and O–H groups in total. The van der Waals surface area contributed by atoms with E-state index in [0.717, 1.165) is 26.3 Å². The van der Waals surface area contributed by atoms with Gasteiger partial charge in [-0.1, -0.05) is 0 Å². The van der Waals surface area contributed by atoms with Crippen molar-refractivity contribution in [3.8, 4) is 21.7 Å². The minimum Gasteiger partial charge on any atom is -0.491 e. The second-order valence-electron chi connectivity index (χ2n) is 5.71. The summed E-state index contributed by atoms with van der Waals surface area (Å²) in [4.78, 5) is 16.7. The van der Waals surface area contributed by atoms with E-state index in [1.807, 2.05) is 19.1 Å². The van der Waals surface area contributed by atoms with Gasteiger partial charge in [-0.15, -0.1) is 22.7 Å². The van der Waals surface area contributed by atoms with Crippen LogP contribution in [0.1, 0.15) is 27.9 Å². The molecule has 0 aliphatic rings. The molecule has 1 atom stereocenters. The first-order chi connectivity index (χ1) is 12.4. The lowest BCUT2D eigenvalue weighted by atomic mass is 10.1. The van der Waals surface area contributed by atoms with Crippen molar-refractivity contribution in [1.82, 2.24) is 4.98 Å². The molecule has 0 aliphatic carbocycles. The highest BCUT2D eigenvalue weighted by molar-refractivity contribution is 7.26. The number of aromatic carboxylic acids is 1. The maximum Gasteiger partial charge on any atom is 0.347 e. The number of carboxylic acid groups (broad SMARTS) is 1. The normalized spacial score (nSPS) is 12.1. The Bertz CT molecular complexity index is 1020. The zero-order chi connectivity index (χ0) is 18.8. The van der Waals surface area contributed by atoms with E-state index in [2.05, 4.69) is 11.1 Å². The number of rotatable bonds is 6. The van der Waals surface area contributed by atoms with Crippen molar-refractivity contribution in [2.24, 2.45) is 0 Å². The van der Waals surface area contributed by atoms with Gasteiger partial charge < -0.3 is 14.6 Å². The van der Waals surface area contributed by atoms with E-state index < -0.39 is 5.97 Å². The summed E-state index contributed by atoms with van der Waals surface area (Å²) in [5.74, 6) is -0.378. The molecule has 3 rings (SSSR count). The fourth-order valence-corrected chi connectivity index (χ4v) is 4.43. The molecule has 0 spiro atoms. The molecule has 0 fully saturated rings. The van der Waals surface area contributed by atoms with Gasteiger partial charge in [0.1, 0.15) is 28.3 Å². The van der Waals surface area contributed by atoms with Crippen LogP contribution in [0.25, 0.3) is 20.0 Å². The minimum absolute atomic E-state index is 0.0537. The summed E-state index contributed by atoms with van der Waals surface area (Å²) < 4.78 is 11.7. The number of thiophene rings is 1. The molecule has 0 bridgehead atoms. The first-order valence-electron chi connectivity index (χ1n) is 7.77. The van der Waals surface area contributed by atoms with Crippen molar-refractivity contribution < 1.29 is 19.4 Å². The Hall–Kier alpha value is -2.47. The number of nitriles is 1. The van der Waals surface area contributed by atoms with Crippen LogP contribution in [0.15, 0.2) is 18.2 Å². The number of aryl methyl sites for hydroxylation is 1. The highest BCUT2D eigenvalue weighted by Crippen LogP contribution is 2.39. The van der Waals surface area contributed by atoms with Gasteiger partial charge >= 0.3 is 5.97 Å². The number of carboxylic acids is 1. The van der Waals surface area contributed by atoms with Gasteiger partial charge in [-0.2, -0.15) is 5.26 Å². The number of fused-ring (bicyclic) bond motifs is 1. The van der Waals surface area contributed by atoms with Crippen LogP contribution < -0.4 is 4.74 Å². The van der Waals surface area contributed by atoms with Gasteiger partial charge in [-0.3, -0.25) is 0 Å². The second kappa shape index (κ2) is 7.41. The number of nitrogens with zero attached hydrogens (tertiary/aromatic N) is 2. The predicted molar refractivity (Wildman–Crippen MR) is 101 cm³/mol. The van der Waals surface area contributed by atoms with Gasteiger partial charge in [-0.05, 0) is 37.4 Å². The molecule has 0 amide bonds. The van der Waals surface area contributed by atoms with E-state index in [1.54, 1.807) is 20.1 Å². The minimum atomic E-state index is -0.979. The third-order valence-corrected chi connectivity index (χ3v) is 6.30. The Balaban J connectivity index is 2.01. The standard InChI is InChI=1S/C18H16N2O4S2/c1-9(23-3)8-24-13-4-11-6-14(25-16(11)12(5-13)7-19)17-20-10(2)15(26-17)18(21)22/h4-6,9H,8H2,1-3H3,(H,21,22). The Morgan fingerprint density at radius 1 is 1.38 bits per heavy atom. The molecular formula is C18H16N2O4S2. The van der Waals surface area contributed by atoms with Crippen molar-refractivity contribution in [2.45, 2.75) is 20.0 Å². The van der Waals surface area contributed by atoms with E-state index in [0.29, 0.717) is 28.6 Å². The second-order valence-corrected chi connectivity index (χ2v) is 7.76. The van der Waals surface area contributed by atoms with E-state index in [4.69, 9.17) is 9.47 Å². The lowest BCUT2D eigenvalue weighted by Gasteiger charge is -2.11. The maximum atomic E-state index is 11.2. The van der Waals surface area contributed by atoms with Crippen molar-refractivity contribution in [1.29, 1.82) is 5.26 Å². The molecule has 134 valence electrons. The Morgan fingerprint density at radius 3 is 2.77 bits per heavy atom. The number of hydrogen-bond acceptors (Lipinski definition) is 7. The van der Waals surface area contributed by atoms with Crippen LogP contribution in [0.2, 0.25) is 0 Å². The van der Waals surface area contributed by atoms with Gasteiger partial charge in [0.2, 0.25) is 0 Å². The first kappa shape index (κ1) is 18.3. The first-order valence-corrected chi connectivity index (χ1v) is 9.40. The predicted octanol–water partition coefficient (Wildman–Crippen LogP) is 4.32. The number of benzene rings is 1. The van der Waals surface area contributed by atoms with Crippen LogP contribution in [-0.2, 0) is 4.74 Å². The number of thiazole rings is 1. The highest BCUT2D eigenvalue weighted by Gasteiger charge is 2.18. The van der Waals surface area contributed by atoms with Gasteiger partial charge in [0.25, 0.3) is 0 Å². The van der Waals surface area contributed by atoms with Crippen molar-refractivity contribution in [3.05, 3.63) is 34.3 Å². The summed E-state index contributed by atoms with van der Waals surface area (Å²) in [7, 11) is 1.62. The third kappa shape index (κ3) is 3.55. The smallest absolute Gasteiger partial charge is 0.347 e. The molecule has 6 nitrogen and oxygen atoms in total. The van der Waals surface area contributed by atoms with E-state index in [1.165, 1.54) is 11.3 Å². The topological polar surface area (TPSA) is 92.4 Å². The lowest BCUT2D eigenvalue weighted by Crippen LogP contribution is -2.15. The van der Waals surface area contributed by atoms with Gasteiger partial charge in [-0.25, -0.2) is 9.78 Å². The van der Waals surface area contributed by atoms with Crippen LogP contribution in [-0.4, -0.2) is 35.9 Å². The van der Waals surface area contributed by atoms with E-state index >= 15 is 0 Å². The fraction of sp³-hybridized carbons (Fsp3) is 0.278. The van der Waals surface area contributed by atoms with Crippen LogP contribution >= 0.6 is 22.7 Å². The van der Waals surface area contributed by atoms with Crippen LogP contribution in [0.3, 0.4) is 0 Å². The summed E-state index contributed by atoms with van der Waals surface area (Å²) in [5, 5.41) is 20.2. The van der Waals surface area contributed by atoms with Crippen molar-refractivity contribution in [3.63, 3.8) is 0 Å². The molecule has 0 saturated carbocycles. The molecule has 1 unspecified atom stereocenters. The average molecular weight is 388 g/mol. The zero-order valence-corrected chi connectivity index (χ0v) is 16.0. The molecular weight excluding hydrogens is 372 g/mol. The summed E-state index contributed by atoms with van der Waals surface area (Å²) >= 11 is 2.56. The Kier molecular flexibility index (Phi) is 5.23. The number of hydrogen-bond donors (Lipinski definition) is 1. The quantitative estimate of drug-likeness (QED) is 0.676. The number of aromatic nitrogens is 1. The lowest BCUT2D eigenvalue weighted by molar-refractivity contribution is 0.0701. The molecule has 26 heavy (non-hydrogen) atoms. The summed E-state index contributed by atoms with van der Waals surface area (Å²) in [5.41, 5.74) is 1.01. The van der Waals surface area contributed by atoms with Crippen LogP contribution in [0.4, 0.5) is 0 Å². The highest BCUT2D eigenvalue weighted by atomic mass is 32.1. The van der Waals surface area contributed by atoms with Crippen LogP contribution in [0.5, 0.6) is 5.75 Å². The van der Waals surface area contributed by atoms with Crippen LogP contribution in [0, 0.1) is 18.3 Å². The molecule has 3 aromatic rings. The number of carbonyl (C=O) groups is 1. The largest absolute Gasteiger partial charge is 0.491 e. The third-order valence-electron chi connectivity index (χ3n) is 3.80. The molecule has 0 saturated heterocycles. The molecule has 0 radical (unpaired) electrons. The summed E-state index contributed by atoms with van der Waals surface area (Å²) in [6, 6.07) is 7.69. The van der Waals surface area contributed by atoms with Crippen molar-refractivity contribution in [2.75, 3.05) is 13.7 Å². The van der Waals surface area contributed by atoms with Crippen molar-refractivity contribution >= 4 is 38.7 Å². The Labute approximate surface area is 158 Å². The van der Waals surface area contributed by atoms with Gasteiger partial charge in [0, 0.05) is 7.11 Å². The number of methoxy groups -OCH3 is 1. The monoisotopic (exact) mass is 388 g/mol. The van der Waals surface area contributed by atoms with E-state index in [-0.39, 0.29) is 11.0 Å². The molecule has 2 aromatic heterocycles. The fourth-order valence-electron chi connectivity index (χ4n) is 2.38. The molecule has 1 aromatic carbocycles. The SMILES string of the molecule is COC(C)COc1cc(C#N)c2sc(-c3nc(C)c(C(=O)O)s3)cc2c1. The van der Waals surface area contributed by atoms with E-state index in [9.17, 15) is 15.2 Å². The summed E-state index contributed by atoms with van der Waals surface area (Å²) in [6.45, 7) is 3.97. The van der Waals surface area contributed by atoms with Gasteiger partial charge in [0.05, 0.1) is 26.9 Å². The van der Waals surface area contributed by atoms with Gasteiger partial charge in [0.15, 0.2) is 0 Å². The summed E-state index contributed by atoms with van der Waals surface area (Å²) in [6.07, 6.45) is -0.0537. The maximum absolute atomic E-state index is 11.2. The molecule has 2 heterocycles. The number of ether oxygens (including phenoxy) is 2. The average Bonchev–Trinajstić information content (AvgIpc) is 3.22. The molecule has 8 heteroatoms.